The quantitative estimate of drug-likeness (QED) is 0.470. The molecule has 0 N–H and O–H groups in total. The van der Waals surface area contributed by atoms with Gasteiger partial charge in [-0.05, 0) is 62.2 Å². The van der Waals surface area contributed by atoms with Crippen LogP contribution in [-0.2, 0) is 5.41 Å². The Labute approximate surface area is 162 Å². The lowest BCUT2D eigenvalue weighted by Gasteiger charge is -2.41. The summed E-state index contributed by atoms with van der Waals surface area (Å²) in [5, 5.41) is 4.47. The lowest BCUT2D eigenvalue weighted by atomic mass is 9.63. The van der Waals surface area contributed by atoms with Crippen LogP contribution < -0.4 is 0 Å². The molecule has 0 unspecified atom stereocenters. The second-order valence-electron chi connectivity index (χ2n) is 8.25. The van der Waals surface area contributed by atoms with E-state index in [1.807, 2.05) is 28.8 Å². The zero-order valence-electron chi connectivity index (χ0n) is 15.9. The fourth-order valence-corrected chi connectivity index (χ4v) is 3.50. The van der Waals surface area contributed by atoms with Gasteiger partial charge in [0.05, 0.1) is 11.7 Å². The van der Waals surface area contributed by atoms with E-state index in [0.717, 1.165) is 26.8 Å². The van der Waals surface area contributed by atoms with Crippen molar-refractivity contribution in [1.29, 1.82) is 0 Å². The molecular weight excluding hydrogens is 391 g/mol. The maximum atomic E-state index is 14.9. The summed E-state index contributed by atoms with van der Waals surface area (Å²) in [6.07, 6.45) is 1.78. The Balaban J connectivity index is 2.17. The molecule has 0 aliphatic rings. The number of nitrogens with zero attached hydrogens (tertiary/aromatic N) is 2. The van der Waals surface area contributed by atoms with E-state index in [2.05, 4.69) is 62.2 Å². The van der Waals surface area contributed by atoms with Crippen molar-refractivity contribution >= 4 is 27.0 Å². The summed E-state index contributed by atoms with van der Waals surface area (Å²) in [7, 11) is 0. The van der Waals surface area contributed by atoms with Gasteiger partial charge in [0.25, 0.3) is 0 Å². The first-order valence-electron chi connectivity index (χ1n) is 8.66. The average molecular weight is 415 g/mol. The first kappa shape index (κ1) is 18.8. The first-order chi connectivity index (χ1) is 12.0. The van der Waals surface area contributed by atoms with E-state index in [1.54, 1.807) is 12.3 Å². The van der Waals surface area contributed by atoms with E-state index in [-0.39, 0.29) is 16.6 Å². The molecule has 136 valence electrons. The molecule has 0 aliphatic carbocycles. The van der Waals surface area contributed by atoms with Gasteiger partial charge in [-0.15, -0.1) is 0 Å². The Morgan fingerprint density at radius 3 is 2.46 bits per heavy atom. The Hall–Kier alpha value is -1.94. The van der Waals surface area contributed by atoms with Crippen LogP contribution in [-0.4, -0.2) is 9.61 Å². The maximum Gasteiger partial charge on any atom is 0.127 e. The number of aromatic nitrogens is 2. The van der Waals surface area contributed by atoms with E-state index in [1.165, 1.54) is 6.07 Å². The van der Waals surface area contributed by atoms with Gasteiger partial charge in [0, 0.05) is 11.1 Å². The molecule has 0 fully saturated rings. The van der Waals surface area contributed by atoms with Gasteiger partial charge in [-0.25, -0.2) is 8.91 Å². The molecule has 0 bridgehead atoms. The molecule has 3 aromatic rings. The molecule has 2 heterocycles. The summed E-state index contributed by atoms with van der Waals surface area (Å²) in [6, 6.07) is 11.2. The van der Waals surface area contributed by atoms with Crippen LogP contribution in [0.5, 0.6) is 0 Å². The van der Waals surface area contributed by atoms with Crippen molar-refractivity contribution < 1.29 is 4.39 Å². The van der Waals surface area contributed by atoms with E-state index >= 15 is 0 Å². The van der Waals surface area contributed by atoms with Gasteiger partial charge in [0.2, 0.25) is 0 Å². The van der Waals surface area contributed by atoms with Crippen molar-refractivity contribution in [3.63, 3.8) is 0 Å². The SMILES string of the molecule is C=C(c1cnn2c(Br)ccc2c1)c1cccc(F)c1C(C)(C)C(C)(C)C. The number of benzene rings is 1. The van der Waals surface area contributed by atoms with Crippen molar-refractivity contribution in [2.45, 2.75) is 40.0 Å². The van der Waals surface area contributed by atoms with Crippen molar-refractivity contribution in [3.05, 3.63) is 76.3 Å². The van der Waals surface area contributed by atoms with Crippen LogP contribution in [0, 0.1) is 11.2 Å². The number of fused-ring (bicyclic) bond motifs is 1. The fourth-order valence-electron chi connectivity index (χ4n) is 3.07. The van der Waals surface area contributed by atoms with Gasteiger partial charge in [0.15, 0.2) is 0 Å². The summed E-state index contributed by atoms with van der Waals surface area (Å²) >= 11 is 3.47. The predicted molar refractivity (Wildman–Crippen MR) is 110 cm³/mol. The van der Waals surface area contributed by atoms with Crippen molar-refractivity contribution in [2.75, 3.05) is 0 Å². The third-order valence-corrected chi connectivity index (χ3v) is 6.24. The molecule has 3 rings (SSSR count). The van der Waals surface area contributed by atoms with Gasteiger partial charge in [-0.2, -0.15) is 5.10 Å². The highest BCUT2D eigenvalue weighted by Gasteiger charge is 2.38. The zero-order chi connectivity index (χ0) is 19.3. The molecule has 26 heavy (non-hydrogen) atoms. The predicted octanol–water partition coefficient (Wildman–Crippen LogP) is 6.62. The molecule has 0 radical (unpaired) electrons. The third kappa shape index (κ3) is 3.01. The number of hydrogen-bond acceptors (Lipinski definition) is 1. The van der Waals surface area contributed by atoms with Gasteiger partial charge in [-0.3, -0.25) is 0 Å². The molecular formula is C22H24BrFN2. The summed E-state index contributed by atoms with van der Waals surface area (Å²) in [6.45, 7) is 14.9. The average Bonchev–Trinajstić information content (AvgIpc) is 2.93. The molecule has 0 saturated heterocycles. The summed E-state index contributed by atoms with van der Waals surface area (Å²) in [5.74, 6) is -0.192. The number of halogens is 2. The normalized spacial score (nSPS) is 12.6. The van der Waals surface area contributed by atoms with Crippen LogP contribution in [0.3, 0.4) is 0 Å². The summed E-state index contributed by atoms with van der Waals surface area (Å²) in [5.41, 5.74) is 3.69. The van der Waals surface area contributed by atoms with Crippen molar-refractivity contribution in [2.24, 2.45) is 5.41 Å². The second kappa shape index (κ2) is 6.34. The molecule has 4 heteroatoms. The Morgan fingerprint density at radius 1 is 1.12 bits per heavy atom. The molecule has 0 saturated carbocycles. The van der Waals surface area contributed by atoms with E-state index in [4.69, 9.17) is 0 Å². The number of rotatable bonds is 3. The molecule has 0 atom stereocenters. The Morgan fingerprint density at radius 2 is 1.81 bits per heavy atom. The molecule has 0 spiro atoms. The van der Waals surface area contributed by atoms with Crippen LogP contribution in [0.25, 0.3) is 11.1 Å². The van der Waals surface area contributed by atoms with Crippen LogP contribution in [0.15, 0.2) is 53.8 Å². The molecule has 2 nitrogen and oxygen atoms in total. The monoisotopic (exact) mass is 414 g/mol. The standard InChI is InChI=1S/C22H24BrFN2/c1-14(15-12-16-10-11-19(23)26(16)25-13-15)17-8-7-9-18(24)20(17)22(5,6)21(2,3)4/h7-13H,1H2,2-6H3. The second-order valence-corrected chi connectivity index (χ2v) is 9.07. The Bertz CT molecular complexity index is 993. The highest BCUT2D eigenvalue weighted by Crippen LogP contribution is 2.45. The zero-order valence-corrected chi connectivity index (χ0v) is 17.5. The summed E-state index contributed by atoms with van der Waals surface area (Å²) < 4.78 is 17.6. The van der Waals surface area contributed by atoms with Crippen molar-refractivity contribution in [1.82, 2.24) is 9.61 Å². The lowest BCUT2D eigenvalue weighted by Crippen LogP contribution is -2.35. The smallest absolute Gasteiger partial charge is 0.127 e. The third-order valence-electron chi connectivity index (χ3n) is 5.64. The number of hydrogen-bond donors (Lipinski definition) is 0. The van der Waals surface area contributed by atoms with Gasteiger partial charge in [-0.1, -0.05) is 53.3 Å². The van der Waals surface area contributed by atoms with Crippen LogP contribution in [0.4, 0.5) is 4.39 Å². The van der Waals surface area contributed by atoms with Crippen LogP contribution in [0.1, 0.15) is 51.3 Å². The maximum absolute atomic E-state index is 14.9. The largest absolute Gasteiger partial charge is 0.227 e. The van der Waals surface area contributed by atoms with Crippen LogP contribution in [0.2, 0.25) is 0 Å². The van der Waals surface area contributed by atoms with Gasteiger partial charge >= 0.3 is 0 Å². The van der Waals surface area contributed by atoms with E-state index in [0.29, 0.717) is 5.56 Å². The van der Waals surface area contributed by atoms with Crippen molar-refractivity contribution in [3.8, 4) is 0 Å². The molecule has 1 aromatic carbocycles. The molecule has 0 aliphatic heterocycles. The van der Waals surface area contributed by atoms with Gasteiger partial charge < -0.3 is 0 Å². The lowest BCUT2D eigenvalue weighted by molar-refractivity contribution is 0.218. The van der Waals surface area contributed by atoms with Gasteiger partial charge in [0.1, 0.15) is 10.4 Å². The highest BCUT2D eigenvalue weighted by molar-refractivity contribution is 9.10. The molecule has 0 amide bonds. The van der Waals surface area contributed by atoms with Crippen LogP contribution >= 0.6 is 15.9 Å². The Kier molecular flexibility index (Phi) is 4.60. The van der Waals surface area contributed by atoms with E-state index in [9.17, 15) is 4.39 Å². The first-order valence-corrected chi connectivity index (χ1v) is 9.45. The van der Waals surface area contributed by atoms with E-state index < -0.39 is 0 Å². The minimum absolute atomic E-state index is 0.112. The minimum Gasteiger partial charge on any atom is -0.227 e. The highest BCUT2D eigenvalue weighted by atomic mass is 79.9. The topological polar surface area (TPSA) is 17.3 Å². The fraction of sp³-hybridized carbons (Fsp3) is 0.318. The summed E-state index contributed by atoms with van der Waals surface area (Å²) in [4.78, 5) is 0. The molecule has 2 aromatic heterocycles. The minimum atomic E-state index is -0.369.